The molecule has 0 spiro atoms. The molecule has 0 saturated carbocycles. The lowest BCUT2D eigenvalue weighted by Crippen LogP contribution is -2.38. The van der Waals surface area contributed by atoms with E-state index in [4.69, 9.17) is 0 Å². The molecule has 0 radical (unpaired) electrons. The predicted molar refractivity (Wildman–Crippen MR) is 87.0 cm³/mol. The topological polar surface area (TPSA) is 32.3 Å². The summed E-state index contributed by atoms with van der Waals surface area (Å²) < 4.78 is 0. The summed E-state index contributed by atoms with van der Waals surface area (Å²) in [6.45, 7) is 8.55. The first-order valence-electron chi connectivity index (χ1n) is 8.23. The lowest BCUT2D eigenvalue weighted by Gasteiger charge is -2.31. The Morgan fingerprint density at radius 2 is 2.10 bits per heavy atom. The summed E-state index contributed by atoms with van der Waals surface area (Å²) in [5, 5.41) is 3.52. The normalized spacial score (nSPS) is 23.6. The number of aryl methyl sites for hydroxylation is 1. The molecule has 116 valence electrons. The van der Waals surface area contributed by atoms with Crippen LogP contribution in [-0.2, 0) is 4.79 Å². The smallest absolute Gasteiger partial charge is 0.241 e. The number of amides is 1. The van der Waals surface area contributed by atoms with E-state index >= 15 is 0 Å². The van der Waals surface area contributed by atoms with Crippen molar-refractivity contribution in [3.05, 3.63) is 35.4 Å². The second-order valence-electron chi connectivity index (χ2n) is 6.18. The fourth-order valence-corrected chi connectivity index (χ4v) is 3.15. The van der Waals surface area contributed by atoms with Crippen LogP contribution in [0.2, 0.25) is 0 Å². The number of carbonyl (C=O) groups is 1. The lowest BCUT2D eigenvalue weighted by atomic mass is 10.1. The largest absolute Gasteiger partial charge is 0.319 e. The van der Waals surface area contributed by atoms with E-state index < -0.39 is 0 Å². The number of nitrogens with one attached hydrogen (secondary N) is 1. The minimum Gasteiger partial charge on any atom is -0.319 e. The van der Waals surface area contributed by atoms with Crippen LogP contribution in [0.25, 0.3) is 0 Å². The molecule has 1 amide bonds. The minimum atomic E-state index is -0.0420. The van der Waals surface area contributed by atoms with E-state index in [1.165, 1.54) is 24.0 Å². The summed E-state index contributed by atoms with van der Waals surface area (Å²) in [6, 6.07) is 8.72. The van der Waals surface area contributed by atoms with E-state index in [9.17, 15) is 4.79 Å². The fraction of sp³-hybridized carbons (Fsp3) is 0.611. The first-order valence-corrected chi connectivity index (χ1v) is 8.23. The molecule has 1 aromatic rings. The summed E-state index contributed by atoms with van der Waals surface area (Å²) in [5.41, 5.74) is 2.44. The van der Waals surface area contributed by atoms with Gasteiger partial charge in [-0.25, -0.2) is 0 Å². The van der Waals surface area contributed by atoms with E-state index in [-0.39, 0.29) is 24.2 Å². The van der Waals surface area contributed by atoms with Crippen LogP contribution in [0.15, 0.2) is 24.3 Å². The molecule has 0 bridgehead atoms. The van der Waals surface area contributed by atoms with Gasteiger partial charge in [0.1, 0.15) is 6.17 Å². The fourth-order valence-electron chi connectivity index (χ4n) is 3.15. The summed E-state index contributed by atoms with van der Waals surface area (Å²) in [6.07, 6.45) is 4.28. The lowest BCUT2D eigenvalue weighted by molar-refractivity contribution is -0.132. The average molecular weight is 288 g/mol. The number of hydrogen-bond donors (Lipinski definition) is 1. The molecule has 1 heterocycles. The van der Waals surface area contributed by atoms with Crippen LogP contribution in [0.4, 0.5) is 0 Å². The Morgan fingerprint density at radius 1 is 1.33 bits per heavy atom. The van der Waals surface area contributed by atoms with Crippen LogP contribution in [0.3, 0.4) is 0 Å². The van der Waals surface area contributed by atoms with Gasteiger partial charge in [0.05, 0.1) is 6.04 Å². The van der Waals surface area contributed by atoms with Crippen LogP contribution in [0.5, 0.6) is 0 Å². The Bertz CT molecular complexity index is 486. The molecule has 1 N–H and O–H groups in total. The highest BCUT2D eigenvalue weighted by molar-refractivity contribution is 5.84. The molecule has 3 unspecified atom stereocenters. The van der Waals surface area contributed by atoms with Crippen LogP contribution in [0, 0.1) is 6.92 Å². The molecule has 3 nitrogen and oxygen atoms in total. The predicted octanol–water partition coefficient (Wildman–Crippen LogP) is 3.78. The van der Waals surface area contributed by atoms with Crippen molar-refractivity contribution in [3.63, 3.8) is 0 Å². The molecule has 1 fully saturated rings. The number of benzene rings is 1. The summed E-state index contributed by atoms with van der Waals surface area (Å²) >= 11 is 0. The van der Waals surface area contributed by atoms with Crippen molar-refractivity contribution in [1.29, 1.82) is 0 Å². The number of nitrogens with zero attached hydrogens (tertiary/aromatic N) is 1. The molecule has 21 heavy (non-hydrogen) atoms. The summed E-state index contributed by atoms with van der Waals surface area (Å²) in [4.78, 5) is 14.7. The summed E-state index contributed by atoms with van der Waals surface area (Å²) in [7, 11) is 0. The minimum absolute atomic E-state index is 0.0224. The maximum atomic E-state index is 12.7. The highest BCUT2D eigenvalue weighted by Gasteiger charge is 2.40. The summed E-state index contributed by atoms with van der Waals surface area (Å²) in [5.74, 6) is 0.257. The highest BCUT2D eigenvalue weighted by Crippen LogP contribution is 2.30. The van der Waals surface area contributed by atoms with Gasteiger partial charge in [0.15, 0.2) is 0 Å². The van der Waals surface area contributed by atoms with Gasteiger partial charge in [-0.2, -0.15) is 0 Å². The second kappa shape index (κ2) is 7.08. The standard InChI is InChI=1S/C18H28N2O/c1-5-7-10-14(4)20-17(19-16(6-2)18(20)21)15-11-8-9-13(3)12-15/h8-9,11-12,14,16-17,19H,5-7,10H2,1-4H3. The van der Waals surface area contributed by atoms with Gasteiger partial charge in [-0.1, -0.05) is 56.5 Å². The second-order valence-corrected chi connectivity index (χ2v) is 6.18. The molecule has 1 aromatic carbocycles. The van der Waals surface area contributed by atoms with E-state index in [2.05, 4.69) is 62.2 Å². The zero-order valence-corrected chi connectivity index (χ0v) is 13.7. The zero-order chi connectivity index (χ0) is 15.4. The first kappa shape index (κ1) is 16.0. The quantitative estimate of drug-likeness (QED) is 0.864. The van der Waals surface area contributed by atoms with Gasteiger partial charge in [0.2, 0.25) is 5.91 Å². The van der Waals surface area contributed by atoms with Crippen molar-refractivity contribution >= 4 is 5.91 Å². The SMILES string of the molecule is CCCCC(C)N1C(=O)C(CC)NC1c1cccc(C)c1. The van der Waals surface area contributed by atoms with Gasteiger partial charge in [-0.15, -0.1) is 0 Å². The molecular formula is C18H28N2O. The molecular weight excluding hydrogens is 260 g/mol. The van der Waals surface area contributed by atoms with Gasteiger partial charge in [0, 0.05) is 6.04 Å². The van der Waals surface area contributed by atoms with Crippen molar-refractivity contribution in [1.82, 2.24) is 10.2 Å². The van der Waals surface area contributed by atoms with Crippen LogP contribution in [0.1, 0.15) is 63.7 Å². The zero-order valence-electron chi connectivity index (χ0n) is 13.7. The number of carbonyl (C=O) groups excluding carboxylic acids is 1. The molecule has 1 aliphatic rings. The van der Waals surface area contributed by atoms with E-state index in [1.54, 1.807) is 0 Å². The average Bonchev–Trinajstić information content (AvgIpc) is 2.81. The molecule has 0 aliphatic carbocycles. The van der Waals surface area contributed by atoms with Crippen molar-refractivity contribution in [2.45, 2.75) is 71.6 Å². The molecule has 3 atom stereocenters. The van der Waals surface area contributed by atoms with Crippen LogP contribution < -0.4 is 5.32 Å². The maximum Gasteiger partial charge on any atom is 0.241 e. The Labute approximate surface area is 128 Å². The first-order chi connectivity index (χ1) is 10.1. The molecule has 2 rings (SSSR count). The van der Waals surface area contributed by atoms with E-state index in [0.717, 1.165) is 12.8 Å². The number of rotatable bonds is 6. The molecule has 3 heteroatoms. The van der Waals surface area contributed by atoms with Crippen molar-refractivity contribution in [2.75, 3.05) is 0 Å². The van der Waals surface area contributed by atoms with E-state index in [1.807, 2.05) is 0 Å². The Morgan fingerprint density at radius 3 is 2.71 bits per heavy atom. The van der Waals surface area contributed by atoms with Gasteiger partial charge in [0.25, 0.3) is 0 Å². The van der Waals surface area contributed by atoms with Crippen molar-refractivity contribution in [2.24, 2.45) is 0 Å². The van der Waals surface area contributed by atoms with Crippen molar-refractivity contribution in [3.8, 4) is 0 Å². The van der Waals surface area contributed by atoms with Gasteiger partial charge in [-0.3, -0.25) is 10.1 Å². The molecule has 1 aliphatic heterocycles. The Kier molecular flexibility index (Phi) is 5.40. The van der Waals surface area contributed by atoms with Crippen molar-refractivity contribution < 1.29 is 4.79 Å². The van der Waals surface area contributed by atoms with Gasteiger partial charge in [-0.05, 0) is 32.3 Å². The van der Waals surface area contributed by atoms with Gasteiger partial charge >= 0.3 is 0 Å². The number of hydrogen-bond acceptors (Lipinski definition) is 2. The monoisotopic (exact) mass is 288 g/mol. The van der Waals surface area contributed by atoms with E-state index in [0.29, 0.717) is 0 Å². The Balaban J connectivity index is 2.26. The van der Waals surface area contributed by atoms with Crippen LogP contribution >= 0.6 is 0 Å². The molecule has 1 saturated heterocycles. The third-order valence-corrected chi connectivity index (χ3v) is 4.41. The maximum absolute atomic E-state index is 12.7. The Hall–Kier alpha value is -1.35. The number of unbranched alkanes of at least 4 members (excludes halogenated alkanes) is 1. The molecule has 0 aromatic heterocycles. The van der Waals surface area contributed by atoms with Crippen LogP contribution in [-0.4, -0.2) is 22.9 Å². The van der Waals surface area contributed by atoms with Gasteiger partial charge < -0.3 is 4.90 Å². The third-order valence-electron chi connectivity index (χ3n) is 4.41. The highest BCUT2D eigenvalue weighted by atomic mass is 16.2. The third kappa shape index (κ3) is 3.46.